The Bertz CT molecular complexity index is 1280. The first-order valence-electron chi connectivity index (χ1n) is 10.6. The maximum absolute atomic E-state index is 14.2. The molecule has 1 aromatic heterocycles. The number of hydrogen-bond donors (Lipinski definition) is 1. The number of halogens is 2. The van der Waals surface area contributed by atoms with Crippen molar-refractivity contribution in [2.24, 2.45) is 0 Å². The molecule has 178 valence electrons. The van der Waals surface area contributed by atoms with E-state index in [0.29, 0.717) is 22.2 Å². The van der Waals surface area contributed by atoms with E-state index in [1.807, 2.05) is 0 Å². The summed E-state index contributed by atoms with van der Waals surface area (Å²) < 4.78 is 34.6. The maximum atomic E-state index is 14.2. The lowest BCUT2D eigenvalue weighted by molar-refractivity contribution is 0.0696. The molecule has 0 atom stereocenters. The van der Waals surface area contributed by atoms with Gasteiger partial charge in [-0.05, 0) is 53.6 Å². The van der Waals surface area contributed by atoms with Crippen molar-refractivity contribution >= 4 is 17.7 Å². The van der Waals surface area contributed by atoms with E-state index >= 15 is 0 Å². The SMILES string of the molecule is COc1ccc(C(=O)O)cc1N(C(=O)n1nnn(-c2c(F)cccc2F)c1=O)C1CCCCC1. The van der Waals surface area contributed by atoms with E-state index in [4.69, 9.17) is 4.74 Å². The number of carbonyl (C=O) groups excluding carboxylic acids is 1. The predicted molar refractivity (Wildman–Crippen MR) is 116 cm³/mol. The van der Waals surface area contributed by atoms with E-state index < -0.39 is 35.0 Å². The van der Waals surface area contributed by atoms with Crippen molar-refractivity contribution in [3.05, 3.63) is 64.1 Å². The highest BCUT2D eigenvalue weighted by Crippen LogP contribution is 2.35. The molecule has 0 bridgehead atoms. The van der Waals surface area contributed by atoms with E-state index in [1.54, 1.807) is 0 Å². The topological polar surface area (TPSA) is 120 Å². The number of nitrogens with zero attached hydrogens (tertiary/aromatic N) is 5. The van der Waals surface area contributed by atoms with Crippen LogP contribution in [-0.4, -0.2) is 50.0 Å². The molecule has 3 aromatic rings. The van der Waals surface area contributed by atoms with Gasteiger partial charge in [0.15, 0.2) is 11.6 Å². The summed E-state index contributed by atoms with van der Waals surface area (Å²) in [5, 5.41) is 16.5. The summed E-state index contributed by atoms with van der Waals surface area (Å²) in [6, 6.07) is 5.71. The van der Waals surface area contributed by atoms with Gasteiger partial charge >= 0.3 is 17.7 Å². The maximum Gasteiger partial charge on any atom is 0.377 e. The summed E-state index contributed by atoms with van der Waals surface area (Å²) in [7, 11) is 1.37. The van der Waals surface area contributed by atoms with Crippen LogP contribution in [0.1, 0.15) is 42.5 Å². The largest absolute Gasteiger partial charge is 0.495 e. The third-order valence-corrected chi connectivity index (χ3v) is 5.74. The molecule has 0 radical (unpaired) electrons. The van der Waals surface area contributed by atoms with Crippen LogP contribution in [0.5, 0.6) is 5.75 Å². The van der Waals surface area contributed by atoms with Gasteiger partial charge in [0.25, 0.3) is 0 Å². The van der Waals surface area contributed by atoms with Gasteiger partial charge in [-0.15, -0.1) is 4.68 Å². The fourth-order valence-electron chi connectivity index (χ4n) is 4.11. The molecule has 0 saturated heterocycles. The number of benzene rings is 2. The van der Waals surface area contributed by atoms with E-state index in [-0.39, 0.29) is 23.0 Å². The number of carboxylic acids is 1. The minimum absolute atomic E-state index is 0.0890. The predicted octanol–water partition coefficient (Wildman–Crippen LogP) is 3.22. The molecule has 2 aromatic carbocycles. The number of ether oxygens (including phenoxy) is 1. The lowest BCUT2D eigenvalue weighted by Gasteiger charge is -2.34. The first-order chi connectivity index (χ1) is 16.3. The molecule has 12 heteroatoms. The minimum Gasteiger partial charge on any atom is -0.495 e. The zero-order valence-corrected chi connectivity index (χ0v) is 18.1. The molecule has 34 heavy (non-hydrogen) atoms. The molecular formula is C22H21F2N5O5. The number of para-hydroxylation sites is 1. The Morgan fingerprint density at radius 2 is 1.76 bits per heavy atom. The van der Waals surface area contributed by atoms with Crippen LogP contribution in [0.15, 0.2) is 41.2 Å². The van der Waals surface area contributed by atoms with Crippen LogP contribution in [0.25, 0.3) is 5.69 Å². The normalized spacial score (nSPS) is 14.1. The molecule has 1 fully saturated rings. The summed E-state index contributed by atoms with van der Waals surface area (Å²) in [5.74, 6) is -3.11. The number of tetrazole rings is 1. The number of methoxy groups -OCH3 is 1. The van der Waals surface area contributed by atoms with Gasteiger partial charge in [-0.1, -0.05) is 25.3 Å². The molecule has 1 N–H and O–H groups in total. The third kappa shape index (κ3) is 4.14. The molecule has 0 spiro atoms. The summed E-state index contributed by atoms with van der Waals surface area (Å²) >= 11 is 0. The highest BCUT2D eigenvalue weighted by molar-refractivity contribution is 5.97. The fourth-order valence-corrected chi connectivity index (χ4v) is 4.11. The van der Waals surface area contributed by atoms with Crippen molar-refractivity contribution in [1.82, 2.24) is 19.8 Å². The molecule has 4 rings (SSSR count). The van der Waals surface area contributed by atoms with Crippen LogP contribution >= 0.6 is 0 Å². The first-order valence-corrected chi connectivity index (χ1v) is 10.6. The van der Waals surface area contributed by atoms with Gasteiger partial charge in [0, 0.05) is 6.04 Å². The second-order valence-corrected chi connectivity index (χ2v) is 7.79. The molecule has 1 heterocycles. The molecular weight excluding hydrogens is 452 g/mol. The van der Waals surface area contributed by atoms with Gasteiger partial charge in [0.05, 0.1) is 18.4 Å². The van der Waals surface area contributed by atoms with Crippen LogP contribution in [0, 0.1) is 11.6 Å². The van der Waals surface area contributed by atoms with Gasteiger partial charge in [-0.3, -0.25) is 4.90 Å². The van der Waals surface area contributed by atoms with Gasteiger partial charge in [0.1, 0.15) is 11.4 Å². The van der Waals surface area contributed by atoms with E-state index in [1.165, 1.54) is 30.2 Å². The lowest BCUT2D eigenvalue weighted by atomic mass is 9.93. The Labute approximate surface area is 192 Å². The number of amides is 1. The van der Waals surface area contributed by atoms with Gasteiger partial charge in [-0.2, -0.15) is 4.68 Å². The Morgan fingerprint density at radius 1 is 1.09 bits per heavy atom. The highest BCUT2D eigenvalue weighted by Gasteiger charge is 2.33. The zero-order valence-electron chi connectivity index (χ0n) is 18.1. The number of aromatic nitrogens is 4. The van der Waals surface area contributed by atoms with Gasteiger partial charge < -0.3 is 9.84 Å². The Balaban J connectivity index is 1.84. The highest BCUT2D eigenvalue weighted by atomic mass is 19.1. The monoisotopic (exact) mass is 473 g/mol. The van der Waals surface area contributed by atoms with Crippen LogP contribution in [-0.2, 0) is 0 Å². The van der Waals surface area contributed by atoms with Crippen molar-refractivity contribution in [3.63, 3.8) is 0 Å². The third-order valence-electron chi connectivity index (χ3n) is 5.74. The van der Waals surface area contributed by atoms with Crippen LogP contribution in [0.3, 0.4) is 0 Å². The molecule has 0 aliphatic heterocycles. The summed E-state index contributed by atoms with van der Waals surface area (Å²) in [6.45, 7) is 0. The van der Waals surface area contributed by atoms with Crippen LogP contribution < -0.4 is 15.3 Å². The standard InChI is InChI=1S/C22H21F2N5O5/c1-34-18-11-10-13(20(30)31)12-17(18)27(14-6-3-2-4-7-14)21(32)29-22(33)28(25-26-29)19-15(23)8-5-9-16(19)24/h5,8-12,14H,2-4,6-7H2,1H3,(H,30,31). The fraction of sp³-hybridized carbons (Fsp3) is 0.318. The summed E-state index contributed by atoms with van der Waals surface area (Å²) in [6.07, 6.45) is 3.79. The summed E-state index contributed by atoms with van der Waals surface area (Å²) in [4.78, 5) is 39.4. The van der Waals surface area contributed by atoms with Gasteiger partial charge in [0.2, 0.25) is 0 Å². The number of rotatable bonds is 5. The van der Waals surface area contributed by atoms with Crippen LogP contribution in [0.2, 0.25) is 0 Å². The van der Waals surface area contributed by atoms with Crippen molar-refractivity contribution in [2.45, 2.75) is 38.1 Å². The average Bonchev–Trinajstić information content (AvgIpc) is 3.20. The first kappa shape index (κ1) is 23.1. The average molecular weight is 473 g/mol. The lowest BCUT2D eigenvalue weighted by Crippen LogP contribution is -2.47. The Morgan fingerprint density at radius 3 is 2.38 bits per heavy atom. The van der Waals surface area contributed by atoms with E-state index in [9.17, 15) is 28.3 Å². The van der Waals surface area contributed by atoms with Crippen molar-refractivity contribution < 1.29 is 28.2 Å². The molecule has 1 aliphatic carbocycles. The van der Waals surface area contributed by atoms with E-state index in [2.05, 4.69) is 10.4 Å². The minimum atomic E-state index is -1.21. The molecule has 1 aliphatic rings. The summed E-state index contributed by atoms with van der Waals surface area (Å²) in [5.41, 5.74) is -1.89. The number of aromatic carboxylic acids is 1. The van der Waals surface area contributed by atoms with Crippen LogP contribution in [0.4, 0.5) is 19.3 Å². The number of carboxylic acid groups (broad SMARTS) is 1. The molecule has 10 nitrogen and oxygen atoms in total. The number of carbonyl (C=O) groups is 2. The van der Waals surface area contributed by atoms with Crippen molar-refractivity contribution in [1.29, 1.82) is 0 Å². The Hall–Kier alpha value is -4.09. The molecule has 1 saturated carbocycles. The smallest absolute Gasteiger partial charge is 0.377 e. The molecule has 0 unspecified atom stereocenters. The van der Waals surface area contributed by atoms with Crippen molar-refractivity contribution in [2.75, 3.05) is 12.0 Å². The number of anilines is 1. The Kier molecular flexibility index (Phi) is 6.39. The van der Waals surface area contributed by atoms with E-state index in [0.717, 1.165) is 37.5 Å². The zero-order chi connectivity index (χ0) is 24.4. The molecule has 1 amide bonds. The quantitative estimate of drug-likeness (QED) is 0.565. The second-order valence-electron chi connectivity index (χ2n) is 7.79. The number of hydrogen-bond acceptors (Lipinski definition) is 6. The van der Waals surface area contributed by atoms with Gasteiger partial charge in [-0.25, -0.2) is 23.2 Å². The second kappa shape index (κ2) is 9.41. The van der Waals surface area contributed by atoms with Crippen molar-refractivity contribution in [3.8, 4) is 11.4 Å².